The molecule has 3 rings (SSSR count). The Morgan fingerprint density at radius 1 is 1.16 bits per heavy atom. The number of ether oxygens (including phenoxy) is 2. The third-order valence-corrected chi connectivity index (χ3v) is 6.31. The highest BCUT2D eigenvalue weighted by Gasteiger charge is 2.23. The molecule has 0 radical (unpaired) electrons. The molecule has 1 aliphatic carbocycles. The topological polar surface area (TPSA) is 95.1 Å². The number of rotatable bonds is 7. The van der Waals surface area contributed by atoms with Gasteiger partial charge in [-0.15, -0.1) is 11.3 Å². The molecule has 0 saturated carbocycles. The fraction of sp³-hybridized carbons (Fsp3) is 0.375. The summed E-state index contributed by atoms with van der Waals surface area (Å²) in [5.74, 6) is 0.672. The monoisotopic (exact) mass is 435 g/mol. The average Bonchev–Trinajstić information content (AvgIpc) is 3.11. The van der Waals surface area contributed by atoms with E-state index in [2.05, 4.69) is 11.4 Å². The number of amides is 1. The molecule has 2 aromatic rings. The van der Waals surface area contributed by atoms with Crippen molar-refractivity contribution in [3.63, 3.8) is 0 Å². The molecule has 0 saturated heterocycles. The van der Waals surface area contributed by atoms with Gasteiger partial charge in [0.1, 0.15) is 22.7 Å². The van der Waals surface area contributed by atoms with E-state index in [1.807, 2.05) is 32.9 Å². The molecule has 0 atom stereocenters. The molecule has 0 spiro atoms. The lowest BCUT2D eigenvalue weighted by Crippen LogP contribution is -2.13. The molecule has 1 N–H and O–H groups in total. The SMILES string of the molecule is CCOc1cc(C)c(/C=C(\C#N)C(=O)Nc2sc3c(c2C#N)CCCC3)cc1OCC. The van der Waals surface area contributed by atoms with Crippen LogP contribution in [0.2, 0.25) is 0 Å². The van der Waals surface area contributed by atoms with Crippen molar-refractivity contribution >= 4 is 28.3 Å². The van der Waals surface area contributed by atoms with Crippen molar-refractivity contribution in [3.8, 4) is 23.6 Å². The number of carbonyl (C=O) groups excluding carboxylic acids is 1. The summed E-state index contributed by atoms with van der Waals surface area (Å²) in [5, 5.41) is 22.5. The summed E-state index contributed by atoms with van der Waals surface area (Å²) in [5.41, 5.74) is 3.09. The van der Waals surface area contributed by atoms with Crippen molar-refractivity contribution in [2.24, 2.45) is 0 Å². The summed E-state index contributed by atoms with van der Waals surface area (Å²) in [6, 6.07) is 7.83. The lowest BCUT2D eigenvalue weighted by molar-refractivity contribution is -0.112. The number of fused-ring (bicyclic) bond motifs is 1. The van der Waals surface area contributed by atoms with E-state index >= 15 is 0 Å². The van der Waals surface area contributed by atoms with Gasteiger partial charge >= 0.3 is 0 Å². The van der Waals surface area contributed by atoms with Crippen molar-refractivity contribution < 1.29 is 14.3 Å². The largest absolute Gasteiger partial charge is 0.490 e. The first-order chi connectivity index (χ1) is 15.0. The van der Waals surface area contributed by atoms with E-state index in [9.17, 15) is 15.3 Å². The van der Waals surface area contributed by atoms with Crippen LogP contribution < -0.4 is 14.8 Å². The molecule has 1 aromatic carbocycles. The smallest absolute Gasteiger partial charge is 0.266 e. The third kappa shape index (κ3) is 4.90. The lowest BCUT2D eigenvalue weighted by Gasteiger charge is -2.13. The predicted molar refractivity (Wildman–Crippen MR) is 121 cm³/mol. The van der Waals surface area contributed by atoms with Crippen molar-refractivity contribution in [3.05, 3.63) is 44.8 Å². The number of carbonyl (C=O) groups is 1. The second kappa shape index (κ2) is 10.1. The van der Waals surface area contributed by atoms with Gasteiger partial charge in [-0.25, -0.2) is 0 Å². The van der Waals surface area contributed by atoms with Gasteiger partial charge in [-0.3, -0.25) is 4.79 Å². The van der Waals surface area contributed by atoms with E-state index in [0.717, 1.165) is 41.7 Å². The molecule has 0 unspecified atom stereocenters. The fourth-order valence-corrected chi connectivity index (χ4v) is 4.85. The molecule has 0 bridgehead atoms. The fourth-order valence-electron chi connectivity index (χ4n) is 3.62. The predicted octanol–water partition coefficient (Wildman–Crippen LogP) is 5.15. The minimum Gasteiger partial charge on any atom is -0.490 e. The van der Waals surface area contributed by atoms with Crippen molar-refractivity contribution in [2.75, 3.05) is 18.5 Å². The Hall–Kier alpha value is -3.29. The summed E-state index contributed by atoms with van der Waals surface area (Å²) in [4.78, 5) is 14.0. The molecule has 1 aliphatic rings. The minimum atomic E-state index is -0.524. The number of nitrogens with zero attached hydrogens (tertiary/aromatic N) is 2. The summed E-state index contributed by atoms with van der Waals surface area (Å²) < 4.78 is 11.3. The standard InChI is InChI=1S/C24H25N3O3S/c1-4-29-20-10-15(3)16(12-21(20)30-5-2)11-17(13-25)23(28)27-24-19(14-26)18-8-6-7-9-22(18)31-24/h10-12H,4-9H2,1-3H3,(H,27,28)/b17-11+. The number of anilines is 1. The molecule has 160 valence electrons. The Morgan fingerprint density at radius 2 is 1.84 bits per heavy atom. The van der Waals surface area contributed by atoms with E-state index in [-0.39, 0.29) is 5.57 Å². The number of thiophene rings is 1. The quantitative estimate of drug-likeness (QED) is 0.479. The summed E-state index contributed by atoms with van der Waals surface area (Å²) >= 11 is 1.44. The molecular formula is C24H25N3O3S. The summed E-state index contributed by atoms with van der Waals surface area (Å²) in [6.45, 7) is 6.64. The van der Waals surface area contributed by atoms with Crippen LogP contribution in [0.25, 0.3) is 6.08 Å². The van der Waals surface area contributed by atoms with Gasteiger partial charge in [-0.2, -0.15) is 10.5 Å². The molecule has 1 aromatic heterocycles. The van der Waals surface area contributed by atoms with Crippen LogP contribution in [0.3, 0.4) is 0 Å². The maximum Gasteiger partial charge on any atom is 0.266 e. The zero-order valence-corrected chi connectivity index (χ0v) is 18.8. The van der Waals surface area contributed by atoms with E-state index in [1.165, 1.54) is 11.3 Å². The van der Waals surface area contributed by atoms with Gasteiger partial charge in [0.15, 0.2) is 11.5 Å². The molecule has 0 fully saturated rings. The molecule has 7 heteroatoms. The summed E-state index contributed by atoms with van der Waals surface area (Å²) in [6.07, 6.45) is 5.47. The highest BCUT2D eigenvalue weighted by molar-refractivity contribution is 7.16. The van der Waals surface area contributed by atoms with E-state index in [1.54, 1.807) is 12.1 Å². The molecule has 31 heavy (non-hydrogen) atoms. The molecule has 1 amide bonds. The number of nitriles is 2. The average molecular weight is 436 g/mol. The number of hydrogen-bond acceptors (Lipinski definition) is 6. The van der Waals surface area contributed by atoms with Crippen LogP contribution in [0.4, 0.5) is 5.00 Å². The normalized spacial score (nSPS) is 13.0. The highest BCUT2D eigenvalue weighted by atomic mass is 32.1. The van der Waals surface area contributed by atoms with Gasteiger partial charge in [0.25, 0.3) is 5.91 Å². The number of nitrogens with one attached hydrogen (secondary N) is 1. The Bertz CT molecular complexity index is 1100. The van der Waals surface area contributed by atoms with Crippen molar-refractivity contribution in [2.45, 2.75) is 46.5 Å². The highest BCUT2D eigenvalue weighted by Crippen LogP contribution is 2.38. The van der Waals surface area contributed by atoms with E-state index in [4.69, 9.17) is 9.47 Å². The van der Waals surface area contributed by atoms with Crippen LogP contribution in [0.5, 0.6) is 11.5 Å². The Morgan fingerprint density at radius 3 is 2.48 bits per heavy atom. The molecule has 6 nitrogen and oxygen atoms in total. The van der Waals surface area contributed by atoms with Crippen molar-refractivity contribution in [1.82, 2.24) is 0 Å². The zero-order chi connectivity index (χ0) is 22.4. The molecule has 0 aliphatic heterocycles. The van der Waals surface area contributed by atoms with E-state index in [0.29, 0.717) is 40.8 Å². The maximum atomic E-state index is 12.9. The van der Waals surface area contributed by atoms with Gasteiger partial charge in [-0.1, -0.05) is 0 Å². The van der Waals surface area contributed by atoms with Crippen LogP contribution in [0, 0.1) is 29.6 Å². The van der Waals surface area contributed by atoms with Crippen molar-refractivity contribution in [1.29, 1.82) is 10.5 Å². The first-order valence-electron chi connectivity index (χ1n) is 10.4. The second-order valence-corrected chi connectivity index (χ2v) is 8.28. The Balaban J connectivity index is 1.91. The second-order valence-electron chi connectivity index (χ2n) is 7.17. The van der Waals surface area contributed by atoms with Gasteiger partial charge in [0.05, 0.1) is 18.8 Å². The molecular weight excluding hydrogens is 410 g/mol. The maximum absolute atomic E-state index is 12.9. The van der Waals surface area contributed by atoms with Gasteiger partial charge in [-0.05, 0) is 81.4 Å². The van der Waals surface area contributed by atoms with Gasteiger partial charge in [0.2, 0.25) is 0 Å². The van der Waals surface area contributed by atoms with Crippen LogP contribution in [-0.2, 0) is 17.6 Å². The molecule has 1 heterocycles. The summed E-state index contributed by atoms with van der Waals surface area (Å²) in [7, 11) is 0. The van der Waals surface area contributed by atoms with Crippen LogP contribution in [0.15, 0.2) is 17.7 Å². The Kier molecular flexibility index (Phi) is 7.33. The van der Waals surface area contributed by atoms with Crippen LogP contribution in [-0.4, -0.2) is 19.1 Å². The van der Waals surface area contributed by atoms with Crippen LogP contribution in [0.1, 0.15) is 53.8 Å². The number of hydrogen-bond donors (Lipinski definition) is 1. The van der Waals surface area contributed by atoms with Crippen LogP contribution >= 0.6 is 11.3 Å². The number of benzene rings is 1. The zero-order valence-electron chi connectivity index (χ0n) is 18.0. The van der Waals surface area contributed by atoms with E-state index < -0.39 is 5.91 Å². The number of aryl methyl sites for hydroxylation is 2. The minimum absolute atomic E-state index is 0.0371. The Labute approximate surface area is 186 Å². The lowest BCUT2D eigenvalue weighted by atomic mass is 9.96. The van der Waals surface area contributed by atoms with Gasteiger partial charge < -0.3 is 14.8 Å². The third-order valence-electron chi connectivity index (χ3n) is 5.11. The first-order valence-corrected chi connectivity index (χ1v) is 11.2. The van der Waals surface area contributed by atoms with Gasteiger partial charge in [0, 0.05) is 4.88 Å². The first kappa shape index (κ1) is 22.4.